The smallest absolute Gasteiger partial charge is 0.325 e. The number of thiophene rings is 1. The second kappa shape index (κ2) is 16.7. The molecule has 1 atom stereocenters. The number of hydrogen-bond acceptors (Lipinski definition) is 6. The van der Waals surface area contributed by atoms with Crippen LogP contribution >= 0.6 is 11.3 Å². The Kier molecular flexibility index (Phi) is 13.6. The van der Waals surface area contributed by atoms with Gasteiger partial charge in [0.15, 0.2) is 0 Å². The molecular weight excluding hydrogens is 498 g/mol. The van der Waals surface area contributed by atoms with E-state index >= 15 is 0 Å². The maximum Gasteiger partial charge on any atom is 0.325 e. The normalized spacial score (nSPS) is 15.1. The van der Waals surface area contributed by atoms with Gasteiger partial charge in [-0.3, -0.25) is 14.4 Å². The SMILES string of the molecule is C=C(CC1C(=O)N(CCc2ccccc2)CC(=O)N1CCc1cccs1)N(CCC)CC(=O)OCC.CC. The van der Waals surface area contributed by atoms with Crippen LogP contribution in [0.5, 0.6) is 0 Å². The Balaban J connectivity index is 0.00000247. The second-order valence-electron chi connectivity index (χ2n) is 8.92. The zero-order valence-electron chi connectivity index (χ0n) is 23.4. The number of nitrogens with zero attached hydrogens (tertiary/aromatic N) is 3. The van der Waals surface area contributed by atoms with Crippen molar-refractivity contribution in [3.8, 4) is 0 Å². The van der Waals surface area contributed by atoms with Crippen LogP contribution < -0.4 is 0 Å². The maximum absolute atomic E-state index is 13.7. The van der Waals surface area contributed by atoms with Crippen molar-refractivity contribution in [2.45, 2.75) is 59.4 Å². The highest BCUT2D eigenvalue weighted by molar-refractivity contribution is 7.09. The summed E-state index contributed by atoms with van der Waals surface area (Å²) in [6, 6.07) is 13.4. The number of carbonyl (C=O) groups excluding carboxylic acids is 3. The first-order chi connectivity index (χ1) is 18.4. The van der Waals surface area contributed by atoms with Crippen molar-refractivity contribution in [3.05, 3.63) is 70.6 Å². The molecule has 1 fully saturated rings. The summed E-state index contributed by atoms with van der Waals surface area (Å²) in [5.74, 6) is -0.438. The molecule has 2 aromatic rings. The molecule has 3 rings (SSSR count). The molecule has 0 bridgehead atoms. The van der Waals surface area contributed by atoms with Crippen molar-refractivity contribution in [1.82, 2.24) is 14.7 Å². The Hall–Kier alpha value is -3.13. The van der Waals surface area contributed by atoms with Gasteiger partial charge in [-0.2, -0.15) is 0 Å². The average molecular weight is 542 g/mol. The Morgan fingerprint density at radius 3 is 2.45 bits per heavy atom. The lowest BCUT2D eigenvalue weighted by Crippen LogP contribution is -2.60. The number of piperazine rings is 1. The van der Waals surface area contributed by atoms with Gasteiger partial charge >= 0.3 is 5.97 Å². The summed E-state index contributed by atoms with van der Waals surface area (Å²) >= 11 is 1.65. The number of benzene rings is 1. The summed E-state index contributed by atoms with van der Waals surface area (Å²) in [5, 5.41) is 2.02. The van der Waals surface area contributed by atoms with Crippen molar-refractivity contribution in [2.75, 3.05) is 39.3 Å². The lowest BCUT2D eigenvalue weighted by atomic mass is 10.0. The van der Waals surface area contributed by atoms with E-state index in [0.29, 0.717) is 44.8 Å². The van der Waals surface area contributed by atoms with Crippen molar-refractivity contribution in [2.24, 2.45) is 0 Å². The van der Waals surface area contributed by atoms with Gasteiger partial charge in [-0.05, 0) is 43.2 Å². The first-order valence-electron chi connectivity index (χ1n) is 13.7. The number of hydrogen-bond donors (Lipinski definition) is 0. The molecule has 1 aromatic carbocycles. The molecule has 2 amide bonds. The molecule has 1 aliphatic heterocycles. The minimum Gasteiger partial charge on any atom is -0.465 e. The predicted molar refractivity (Wildman–Crippen MR) is 154 cm³/mol. The van der Waals surface area contributed by atoms with Gasteiger partial charge in [0.1, 0.15) is 12.6 Å². The minimum atomic E-state index is -0.643. The van der Waals surface area contributed by atoms with Crippen LogP contribution in [0.25, 0.3) is 0 Å². The summed E-state index contributed by atoms with van der Waals surface area (Å²) in [6.07, 6.45) is 2.50. The Labute approximate surface area is 232 Å². The van der Waals surface area contributed by atoms with E-state index in [4.69, 9.17) is 4.74 Å². The van der Waals surface area contributed by atoms with E-state index in [-0.39, 0.29) is 37.3 Å². The molecule has 1 saturated heterocycles. The van der Waals surface area contributed by atoms with Crippen molar-refractivity contribution in [3.63, 3.8) is 0 Å². The molecule has 2 heterocycles. The molecule has 7 nitrogen and oxygen atoms in total. The lowest BCUT2D eigenvalue weighted by molar-refractivity contribution is -0.156. The van der Waals surface area contributed by atoms with Crippen LogP contribution in [0, 0.1) is 0 Å². The highest BCUT2D eigenvalue weighted by Gasteiger charge is 2.39. The van der Waals surface area contributed by atoms with Crippen LogP contribution in [0.2, 0.25) is 0 Å². The third-order valence-electron chi connectivity index (χ3n) is 6.31. The van der Waals surface area contributed by atoms with Crippen molar-refractivity contribution < 1.29 is 19.1 Å². The molecule has 8 heteroatoms. The fourth-order valence-corrected chi connectivity index (χ4v) is 5.14. The molecule has 208 valence electrons. The highest BCUT2D eigenvalue weighted by atomic mass is 32.1. The molecule has 0 spiro atoms. The third-order valence-corrected chi connectivity index (χ3v) is 7.24. The van der Waals surface area contributed by atoms with Crippen LogP contribution in [-0.2, 0) is 32.0 Å². The van der Waals surface area contributed by atoms with Crippen LogP contribution in [0.15, 0.2) is 60.1 Å². The molecule has 1 aliphatic rings. The first-order valence-corrected chi connectivity index (χ1v) is 14.5. The Bertz CT molecular complexity index is 1010. The average Bonchev–Trinajstić information content (AvgIpc) is 3.45. The summed E-state index contributed by atoms with van der Waals surface area (Å²) < 4.78 is 5.13. The van der Waals surface area contributed by atoms with Crippen molar-refractivity contribution in [1.29, 1.82) is 0 Å². The van der Waals surface area contributed by atoms with Crippen molar-refractivity contribution >= 4 is 29.1 Å². The standard InChI is InChI=1S/C28H37N3O4S.C2H6/c1-4-15-29(21-27(33)35-5-2)22(3)19-25-28(34)30(16-13-23-10-7-6-8-11-23)20-26(32)31(25)17-14-24-12-9-18-36-24;1-2/h6-12,18,25H,3-5,13-17,19-21H2,1-2H3;1-2H3. The molecule has 1 aromatic heterocycles. The van der Waals surface area contributed by atoms with E-state index in [0.717, 1.165) is 12.0 Å². The van der Waals surface area contributed by atoms with Gasteiger partial charge in [-0.15, -0.1) is 11.3 Å². The Morgan fingerprint density at radius 1 is 1.08 bits per heavy atom. The van der Waals surface area contributed by atoms with Crippen LogP contribution in [0.4, 0.5) is 0 Å². The van der Waals surface area contributed by atoms with Gasteiger partial charge in [0.25, 0.3) is 0 Å². The fourth-order valence-electron chi connectivity index (χ4n) is 4.45. The molecule has 0 aliphatic carbocycles. The van der Waals surface area contributed by atoms with Gasteiger partial charge in [-0.1, -0.05) is 63.7 Å². The first kappa shape index (κ1) is 31.1. The summed E-state index contributed by atoms with van der Waals surface area (Å²) in [7, 11) is 0. The van der Waals surface area contributed by atoms with Gasteiger partial charge in [0, 0.05) is 36.6 Å². The van der Waals surface area contributed by atoms with E-state index in [1.807, 2.05) is 73.5 Å². The fraction of sp³-hybridized carbons (Fsp3) is 0.500. The highest BCUT2D eigenvalue weighted by Crippen LogP contribution is 2.23. The van der Waals surface area contributed by atoms with E-state index in [1.165, 1.54) is 4.88 Å². The largest absolute Gasteiger partial charge is 0.465 e. The number of rotatable bonds is 14. The molecule has 0 radical (unpaired) electrons. The van der Waals surface area contributed by atoms with E-state index < -0.39 is 6.04 Å². The molecule has 1 unspecified atom stereocenters. The zero-order valence-corrected chi connectivity index (χ0v) is 24.2. The summed E-state index contributed by atoms with van der Waals surface area (Å²) in [4.78, 5) is 45.6. The molecule has 0 N–H and O–H groups in total. The Morgan fingerprint density at radius 2 is 1.82 bits per heavy atom. The molecule has 0 saturated carbocycles. The van der Waals surface area contributed by atoms with Gasteiger partial charge in [0.05, 0.1) is 13.2 Å². The van der Waals surface area contributed by atoms with Gasteiger partial charge in [0.2, 0.25) is 11.8 Å². The molecule has 38 heavy (non-hydrogen) atoms. The third kappa shape index (κ3) is 9.31. The maximum atomic E-state index is 13.7. The van der Waals surface area contributed by atoms with Crippen LogP contribution in [0.1, 0.15) is 51.0 Å². The van der Waals surface area contributed by atoms with E-state index in [9.17, 15) is 14.4 Å². The monoisotopic (exact) mass is 541 g/mol. The quantitative estimate of drug-likeness (QED) is 0.322. The summed E-state index contributed by atoms with van der Waals surface area (Å²) in [6.45, 7) is 14.1. The number of amides is 2. The van der Waals surface area contributed by atoms with Gasteiger partial charge < -0.3 is 19.4 Å². The summed E-state index contributed by atoms with van der Waals surface area (Å²) in [5.41, 5.74) is 1.80. The van der Waals surface area contributed by atoms with E-state index in [2.05, 4.69) is 6.58 Å². The second-order valence-corrected chi connectivity index (χ2v) is 9.96. The molecular formula is C30H43N3O4S. The number of esters is 1. The number of carbonyl (C=O) groups is 3. The predicted octanol–water partition coefficient (Wildman–Crippen LogP) is 4.78. The van der Waals surface area contributed by atoms with Crippen LogP contribution in [0.3, 0.4) is 0 Å². The van der Waals surface area contributed by atoms with E-state index in [1.54, 1.807) is 28.1 Å². The topological polar surface area (TPSA) is 70.2 Å². The number of ether oxygens (including phenoxy) is 1. The zero-order chi connectivity index (χ0) is 27.9. The minimum absolute atomic E-state index is 0.0514. The van der Waals surface area contributed by atoms with Gasteiger partial charge in [-0.25, -0.2) is 0 Å². The van der Waals surface area contributed by atoms with Crippen LogP contribution in [-0.4, -0.2) is 77.9 Å². The lowest BCUT2D eigenvalue weighted by Gasteiger charge is -2.41.